The van der Waals surface area contributed by atoms with Crippen molar-refractivity contribution in [2.75, 3.05) is 13.6 Å². The van der Waals surface area contributed by atoms with E-state index in [4.69, 9.17) is 5.10 Å². The maximum atomic E-state index is 13.2. The van der Waals surface area contributed by atoms with Gasteiger partial charge in [-0.1, -0.05) is 55.8 Å². The highest BCUT2D eigenvalue weighted by molar-refractivity contribution is 5.83. The average Bonchev–Trinajstić information content (AvgIpc) is 3.22. The summed E-state index contributed by atoms with van der Waals surface area (Å²) in [6.45, 7) is 5.73. The lowest BCUT2D eigenvalue weighted by Crippen LogP contribution is -2.45. The molecule has 0 radical (unpaired) electrons. The third-order valence-electron chi connectivity index (χ3n) is 7.28. The fourth-order valence-electron chi connectivity index (χ4n) is 5.44. The molecule has 0 fully saturated rings. The van der Waals surface area contributed by atoms with Crippen LogP contribution in [0.1, 0.15) is 71.9 Å². The number of halogens is 3. The van der Waals surface area contributed by atoms with Crippen molar-refractivity contribution in [2.45, 2.75) is 70.8 Å². The predicted octanol–water partition coefficient (Wildman–Crippen LogP) is 6.03. The molecule has 3 aromatic rings. The van der Waals surface area contributed by atoms with Crippen molar-refractivity contribution in [1.29, 1.82) is 0 Å². The van der Waals surface area contributed by atoms with Crippen LogP contribution in [0.25, 0.3) is 0 Å². The number of hydrogen-bond acceptors (Lipinski definition) is 3. The number of alkyl halides is 3. The fourth-order valence-corrected chi connectivity index (χ4v) is 5.44. The van der Waals surface area contributed by atoms with E-state index in [-0.39, 0.29) is 11.9 Å². The van der Waals surface area contributed by atoms with Crippen LogP contribution in [-0.2, 0) is 30.4 Å². The first-order valence-corrected chi connectivity index (χ1v) is 13.0. The molecule has 2 atom stereocenters. The van der Waals surface area contributed by atoms with Gasteiger partial charge in [-0.15, -0.1) is 0 Å². The van der Waals surface area contributed by atoms with Crippen molar-refractivity contribution < 1.29 is 18.0 Å². The minimum atomic E-state index is -4.35. The zero-order valence-corrected chi connectivity index (χ0v) is 21.7. The molecular formula is C29H35F3N4O. The van der Waals surface area contributed by atoms with Crippen LogP contribution in [0, 0.1) is 6.92 Å². The third-order valence-corrected chi connectivity index (χ3v) is 7.28. The van der Waals surface area contributed by atoms with Crippen LogP contribution in [0.2, 0.25) is 0 Å². The summed E-state index contributed by atoms with van der Waals surface area (Å²) in [6.07, 6.45) is -0.194. The number of carbonyl (C=O) groups is 1. The number of amides is 1. The number of carbonyl (C=O) groups excluding carboxylic acids is 1. The van der Waals surface area contributed by atoms with Crippen LogP contribution in [0.15, 0.2) is 54.6 Å². The molecule has 1 aromatic heterocycles. The Morgan fingerprint density at radius 3 is 2.46 bits per heavy atom. The Bertz CT molecular complexity index is 1190. The van der Waals surface area contributed by atoms with Crippen LogP contribution in [0.4, 0.5) is 13.2 Å². The molecule has 0 bridgehead atoms. The molecule has 1 aliphatic heterocycles. The maximum Gasteiger partial charge on any atom is 0.416 e. The molecule has 0 saturated carbocycles. The molecule has 2 heterocycles. The topological polar surface area (TPSA) is 50.2 Å². The van der Waals surface area contributed by atoms with Crippen LogP contribution in [0.3, 0.4) is 0 Å². The number of aromatic nitrogens is 2. The van der Waals surface area contributed by atoms with Gasteiger partial charge in [-0.25, -0.2) is 0 Å². The molecule has 0 aliphatic carbocycles. The number of nitrogens with zero attached hydrogens (tertiary/aromatic N) is 3. The summed E-state index contributed by atoms with van der Waals surface area (Å²) >= 11 is 0. The monoisotopic (exact) mass is 512 g/mol. The lowest BCUT2D eigenvalue weighted by molar-refractivity contribution is -0.137. The van der Waals surface area contributed by atoms with Crippen LogP contribution < -0.4 is 5.32 Å². The van der Waals surface area contributed by atoms with Gasteiger partial charge in [-0.3, -0.25) is 14.4 Å². The van der Waals surface area contributed by atoms with E-state index in [2.05, 4.69) is 21.8 Å². The van der Waals surface area contributed by atoms with Crippen LogP contribution >= 0.6 is 0 Å². The first-order valence-electron chi connectivity index (χ1n) is 13.0. The van der Waals surface area contributed by atoms with E-state index in [9.17, 15) is 18.0 Å². The Morgan fingerprint density at radius 2 is 1.84 bits per heavy atom. The average molecular weight is 513 g/mol. The van der Waals surface area contributed by atoms with Gasteiger partial charge in [-0.2, -0.15) is 18.3 Å². The zero-order chi connectivity index (χ0) is 26.6. The normalized spacial score (nSPS) is 16.9. The molecule has 0 spiro atoms. The summed E-state index contributed by atoms with van der Waals surface area (Å²) in [5.41, 5.74) is 4.43. The van der Waals surface area contributed by atoms with Gasteiger partial charge in [0.15, 0.2) is 0 Å². The lowest BCUT2D eigenvalue weighted by Gasteiger charge is -2.41. The highest BCUT2D eigenvalue weighted by Crippen LogP contribution is 2.41. The van der Waals surface area contributed by atoms with Gasteiger partial charge in [0, 0.05) is 43.9 Å². The first-order chi connectivity index (χ1) is 17.7. The third kappa shape index (κ3) is 5.90. The number of rotatable bonds is 9. The van der Waals surface area contributed by atoms with Gasteiger partial charge in [0.25, 0.3) is 0 Å². The zero-order valence-electron chi connectivity index (χ0n) is 21.7. The standard InChI is InChI=1S/C29H35F3N4O/c1-4-5-18-36-25-17-19-35(27(28(37)33-3)22-9-7-6-8-10-22)24(26(25)20(2)34-36)16-13-21-11-14-23(15-12-21)29(30,31)32/h6-12,14-15,24,27H,4-5,13,16-19H2,1-3H3,(H,33,37)/t24-,27+/m0/s1. The summed E-state index contributed by atoms with van der Waals surface area (Å²) in [6, 6.07) is 14.6. The molecular weight excluding hydrogens is 477 g/mol. The smallest absolute Gasteiger partial charge is 0.358 e. The van der Waals surface area contributed by atoms with Gasteiger partial charge in [0.05, 0.1) is 11.3 Å². The summed E-state index contributed by atoms with van der Waals surface area (Å²) in [5, 5.41) is 7.71. The quantitative estimate of drug-likeness (QED) is 0.381. The van der Waals surface area contributed by atoms with E-state index in [1.165, 1.54) is 5.69 Å². The molecule has 1 aliphatic rings. The van der Waals surface area contributed by atoms with Crippen molar-refractivity contribution in [3.8, 4) is 0 Å². The van der Waals surface area contributed by atoms with Gasteiger partial charge in [0.1, 0.15) is 6.04 Å². The summed E-state index contributed by atoms with van der Waals surface area (Å²) in [7, 11) is 1.65. The molecule has 1 N–H and O–H groups in total. The van der Waals surface area contributed by atoms with Crippen molar-refractivity contribution >= 4 is 5.91 Å². The van der Waals surface area contributed by atoms with E-state index in [1.54, 1.807) is 19.2 Å². The molecule has 0 saturated heterocycles. The highest BCUT2D eigenvalue weighted by atomic mass is 19.4. The Morgan fingerprint density at radius 1 is 1.14 bits per heavy atom. The van der Waals surface area contributed by atoms with Crippen LogP contribution in [-0.4, -0.2) is 34.2 Å². The number of benzene rings is 2. The molecule has 198 valence electrons. The molecule has 37 heavy (non-hydrogen) atoms. The van der Waals surface area contributed by atoms with E-state index in [1.807, 2.05) is 37.3 Å². The number of hydrogen-bond donors (Lipinski definition) is 1. The van der Waals surface area contributed by atoms with Gasteiger partial charge >= 0.3 is 6.18 Å². The molecule has 4 rings (SSSR count). The van der Waals surface area contributed by atoms with Crippen molar-refractivity contribution in [1.82, 2.24) is 20.0 Å². The Balaban J connectivity index is 1.70. The molecule has 5 nitrogen and oxygen atoms in total. The Kier molecular flexibility index (Phi) is 8.37. The second-order valence-corrected chi connectivity index (χ2v) is 9.69. The number of unbranched alkanes of at least 4 members (excludes halogenated alkanes) is 1. The van der Waals surface area contributed by atoms with Crippen molar-refractivity contribution in [3.63, 3.8) is 0 Å². The van der Waals surface area contributed by atoms with E-state index >= 15 is 0 Å². The Labute approximate surface area is 216 Å². The number of likely N-dealkylation sites (N-methyl/N-ethyl adjacent to an activating group) is 1. The predicted molar refractivity (Wildman–Crippen MR) is 138 cm³/mol. The number of nitrogens with one attached hydrogen (secondary N) is 1. The summed E-state index contributed by atoms with van der Waals surface area (Å²) in [4.78, 5) is 15.5. The second-order valence-electron chi connectivity index (χ2n) is 9.69. The number of aryl methyl sites for hydroxylation is 3. The van der Waals surface area contributed by atoms with Gasteiger partial charge in [-0.05, 0) is 49.4 Å². The SMILES string of the molecule is CCCCn1nc(C)c2c1CCN([C@@H](C(=O)NC)c1ccccc1)[C@H]2CCc1ccc(C(F)(F)F)cc1. The number of fused-ring (bicyclic) bond motifs is 1. The van der Waals surface area contributed by atoms with Crippen LogP contribution in [0.5, 0.6) is 0 Å². The maximum absolute atomic E-state index is 13.2. The largest absolute Gasteiger partial charge is 0.416 e. The van der Waals surface area contributed by atoms with E-state index in [0.717, 1.165) is 60.3 Å². The Hall–Kier alpha value is -3.13. The molecule has 0 unspecified atom stereocenters. The molecule has 1 amide bonds. The van der Waals surface area contributed by atoms with Crippen molar-refractivity contribution in [2.24, 2.45) is 0 Å². The van der Waals surface area contributed by atoms with E-state index in [0.29, 0.717) is 19.4 Å². The first kappa shape index (κ1) is 26.9. The second kappa shape index (κ2) is 11.5. The van der Waals surface area contributed by atoms with E-state index < -0.39 is 17.8 Å². The summed E-state index contributed by atoms with van der Waals surface area (Å²) in [5.74, 6) is -0.0785. The highest BCUT2D eigenvalue weighted by Gasteiger charge is 2.39. The minimum Gasteiger partial charge on any atom is -0.358 e. The van der Waals surface area contributed by atoms with Gasteiger partial charge in [0.2, 0.25) is 5.91 Å². The van der Waals surface area contributed by atoms with Crippen molar-refractivity contribution in [3.05, 3.63) is 88.2 Å². The minimum absolute atomic E-state index is 0.0785. The summed E-state index contributed by atoms with van der Waals surface area (Å²) < 4.78 is 41.3. The molecule has 8 heteroatoms. The fraction of sp³-hybridized carbons (Fsp3) is 0.448. The lowest BCUT2D eigenvalue weighted by atomic mass is 9.88. The molecule has 2 aromatic carbocycles. The van der Waals surface area contributed by atoms with Gasteiger partial charge < -0.3 is 5.32 Å².